The van der Waals surface area contributed by atoms with Gasteiger partial charge in [-0.1, -0.05) is 54.6 Å². The van der Waals surface area contributed by atoms with Gasteiger partial charge in [-0.2, -0.15) is 0 Å². The second kappa shape index (κ2) is 6.80. The molecule has 2 aliphatic rings. The van der Waals surface area contributed by atoms with Crippen LogP contribution in [0.25, 0.3) is 11.1 Å². The Bertz CT molecular complexity index is 1010. The van der Waals surface area contributed by atoms with Crippen LogP contribution in [0.3, 0.4) is 0 Å². The summed E-state index contributed by atoms with van der Waals surface area (Å²) in [6.07, 6.45) is 0.694. The molecule has 5 rings (SSSR count). The molecule has 0 spiro atoms. The lowest BCUT2D eigenvalue weighted by Gasteiger charge is -2.15. The second-order valence-corrected chi connectivity index (χ2v) is 7.42. The number of aliphatic hydroxyl groups is 1. The van der Waals surface area contributed by atoms with Crippen molar-refractivity contribution in [2.24, 2.45) is 0 Å². The Morgan fingerprint density at radius 2 is 1.64 bits per heavy atom. The van der Waals surface area contributed by atoms with Crippen LogP contribution in [-0.2, 0) is 11.2 Å². The van der Waals surface area contributed by atoms with Crippen LogP contribution in [0.1, 0.15) is 40.7 Å². The molecule has 0 aliphatic heterocycles. The van der Waals surface area contributed by atoms with Gasteiger partial charge in [-0.05, 0) is 58.4 Å². The van der Waals surface area contributed by atoms with E-state index in [1.165, 1.54) is 22.3 Å². The van der Waals surface area contributed by atoms with Gasteiger partial charge in [0.05, 0.1) is 6.10 Å². The number of aliphatic hydroxyl groups excluding tert-OH is 1. The lowest BCUT2D eigenvalue weighted by Crippen LogP contribution is -2.18. The van der Waals surface area contributed by atoms with Crippen molar-refractivity contribution in [1.29, 1.82) is 0 Å². The number of amides is 1. The zero-order valence-electron chi connectivity index (χ0n) is 15.4. The number of rotatable bonds is 3. The lowest BCUT2D eigenvalue weighted by molar-refractivity contribution is 0.158. The molecule has 2 N–H and O–H groups in total. The van der Waals surface area contributed by atoms with Crippen molar-refractivity contribution in [1.82, 2.24) is 0 Å². The SMILES string of the molecule is O=C(Nc1ccc2c(c1)C(O)CC2)OCC1c2ccccc2-c2ccccc21. The fraction of sp³-hybridized carbons (Fsp3) is 0.208. The summed E-state index contributed by atoms with van der Waals surface area (Å²) in [5.41, 5.74) is 7.49. The van der Waals surface area contributed by atoms with E-state index in [0.29, 0.717) is 5.69 Å². The Kier molecular flexibility index (Phi) is 4.14. The standard InChI is InChI=1S/C24H21NO3/c26-23-12-10-15-9-11-16(13-21(15)23)25-24(27)28-14-22-19-7-3-1-5-17(19)18-6-2-4-8-20(18)22/h1-9,11,13,22-23,26H,10,12,14H2,(H,25,27). The maximum Gasteiger partial charge on any atom is 0.411 e. The normalized spacial score (nSPS) is 17.0. The first kappa shape index (κ1) is 17.0. The van der Waals surface area contributed by atoms with Crippen LogP contribution in [0.5, 0.6) is 0 Å². The summed E-state index contributed by atoms with van der Waals surface area (Å²) in [4.78, 5) is 12.4. The third-order valence-electron chi connectivity index (χ3n) is 5.78. The van der Waals surface area contributed by atoms with Crippen molar-refractivity contribution in [3.8, 4) is 11.1 Å². The van der Waals surface area contributed by atoms with Gasteiger partial charge in [-0.15, -0.1) is 0 Å². The van der Waals surface area contributed by atoms with Crippen LogP contribution in [0.4, 0.5) is 10.5 Å². The number of ether oxygens (including phenoxy) is 1. The number of hydrogen-bond donors (Lipinski definition) is 2. The number of nitrogens with one attached hydrogen (secondary N) is 1. The van der Waals surface area contributed by atoms with Crippen molar-refractivity contribution in [2.45, 2.75) is 24.9 Å². The third-order valence-corrected chi connectivity index (χ3v) is 5.78. The fourth-order valence-electron chi connectivity index (χ4n) is 4.41. The molecule has 1 unspecified atom stereocenters. The molecule has 0 fully saturated rings. The monoisotopic (exact) mass is 371 g/mol. The molecule has 0 saturated carbocycles. The Balaban J connectivity index is 1.30. The van der Waals surface area contributed by atoms with Gasteiger partial charge in [0.1, 0.15) is 6.61 Å². The Morgan fingerprint density at radius 1 is 0.964 bits per heavy atom. The van der Waals surface area contributed by atoms with E-state index in [0.717, 1.165) is 24.0 Å². The van der Waals surface area contributed by atoms with Gasteiger partial charge in [0.2, 0.25) is 0 Å². The van der Waals surface area contributed by atoms with Crippen LogP contribution in [0.15, 0.2) is 66.7 Å². The zero-order valence-corrected chi connectivity index (χ0v) is 15.4. The van der Waals surface area contributed by atoms with E-state index in [-0.39, 0.29) is 12.5 Å². The lowest BCUT2D eigenvalue weighted by atomic mass is 9.98. The molecule has 3 aromatic carbocycles. The van der Waals surface area contributed by atoms with Gasteiger partial charge in [-0.25, -0.2) is 4.79 Å². The van der Waals surface area contributed by atoms with E-state index in [2.05, 4.69) is 29.6 Å². The van der Waals surface area contributed by atoms with Crippen LogP contribution in [-0.4, -0.2) is 17.8 Å². The van der Waals surface area contributed by atoms with E-state index < -0.39 is 12.2 Å². The Labute approximate surface area is 163 Å². The third kappa shape index (κ3) is 2.86. The first-order valence-corrected chi connectivity index (χ1v) is 9.63. The largest absolute Gasteiger partial charge is 0.448 e. The highest BCUT2D eigenvalue weighted by Gasteiger charge is 2.29. The summed E-state index contributed by atoms with van der Waals surface area (Å²) in [5, 5.41) is 12.8. The Hall–Kier alpha value is -3.11. The summed E-state index contributed by atoms with van der Waals surface area (Å²) in [6, 6.07) is 22.2. The molecule has 0 saturated heterocycles. The first-order chi connectivity index (χ1) is 13.7. The van der Waals surface area contributed by atoms with Crippen LogP contribution in [0, 0.1) is 0 Å². The van der Waals surface area contributed by atoms with Crippen molar-refractivity contribution < 1.29 is 14.6 Å². The molecule has 140 valence electrons. The van der Waals surface area contributed by atoms with Gasteiger partial charge in [0, 0.05) is 11.6 Å². The molecule has 4 nitrogen and oxygen atoms in total. The molecule has 2 aliphatic carbocycles. The number of hydrogen-bond acceptors (Lipinski definition) is 3. The maximum atomic E-state index is 12.4. The van der Waals surface area contributed by atoms with Crippen molar-refractivity contribution in [3.63, 3.8) is 0 Å². The summed E-state index contributed by atoms with van der Waals surface area (Å²) in [6.45, 7) is 0.285. The van der Waals surface area contributed by atoms with Crippen LogP contribution >= 0.6 is 0 Å². The smallest absolute Gasteiger partial charge is 0.411 e. The van der Waals surface area contributed by atoms with E-state index >= 15 is 0 Å². The predicted molar refractivity (Wildman–Crippen MR) is 108 cm³/mol. The zero-order chi connectivity index (χ0) is 19.1. The van der Waals surface area contributed by atoms with Gasteiger partial charge in [0.15, 0.2) is 0 Å². The van der Waals surface area contributed by atoms with Crippen molar-refractivity contribution in [3.05, 3.63) is 89.0 Å². The number of fused-ring (bicyclic) bond motifs is 4. The van der Waals surface area contributed by atoms with Gasteiger partial charge in [-0.3, -0.25) is 5.32 Å². The van der Waals surface area contributed by atoms with Gasteiger partial charge >= 0.3 is 6.09 Å². The molecule has 4 heteroatoms. The average Bonchev–Trinajstić information content (AvgIpc) is 3.25. The quantitative estimate of drug-likeness (QED) is 0.679. The summed E-state index contributed by atoms with van der Waals surface area (Å²) >= 11 is 0. The van der Waals surface area contributed by atoms with E-state index in [1.54, 1.807) is 0 Å². The molecule has 0 aromatic heterocycles. The number of carbonyl (C=O) groups is 1. The highest BCUT2D eigenvalue weighted by molar-refractivity contribution is 5.85. The number of aryl methyl sites for hydroxylation is 1. The number of carbonyl (C=O) groups excluding carboxylic acids is 1. The maximum absolute atomic E-state index is 12.4. The number of benzene rings is 3. The van der Waals surface area contributed by atoms with Crippen LogP contribution in [0.2, 0.25) is 0 Å². The minimum atomic E-state index is -0.478. The summed E-state index contributed by atoms with van der Waals surface area (Å²) in [7, 11) is 0. The predicted octanol–water partition coefficient (Wildman–Crippen LogP) is 5.03. The van der Waals surface area contributed by atoms with Gasteiger partial charge < -0.3 is 9.84 Å². The van der Waals surface area contributed by atoms with Crippen LogP contribution < -0.4 is 5.32 Å². The van der Waals surface area contributed by atoms with Crippen molar-refractivity contribution >= 4 is 11.8 Å². The minimum absolute atomic E-state index is 0.0417. The molecule has 0 radical (unpaired) electrons. The molecular formula is C24H21NO3. The van der Waals surface area contributed by atoms with Gasteiger partial charge in [0.25, 0.3) is 0 Å². The first-order valence-electron chi connectivity index (χ1n) is 9.63. The highest BCUT2D eigenvalue weighted by atomic mass is 16.5. The topological polar surface area (TPSA) is 58.6 Å². The van der Waals surface area contributed by atoms with E-state index in [4.69, 9.17) is 4.74 Å². The molecule has 1 atom stereocenters. The fourth-order valence-corrected chi connectivity index (χ4v) is 4.41. The molecular weight excluding hydrogens is 350 g/mol. The second-order valence-electron chi connectivity index (χ2n) is 7.42. The van der Waals surface area contributed by atoms with E-state index in [9.17, 15) is 9.90 Å². The summed E-state index contributed by atoms with van der Waals surface area (Å²) < 4.78 is 5.58. The molecule has 0 heterocycles. The highest BCUT2D eigenvalue weighted by Crippen LogP contribution is 2.44. The molecule has 0 bridgehead atoms. The Morgan fingerprint density at radius 3 is 2.36 bits per heavy atom. The van der Waals surface area contributed by atoms with Crippen molar-refractivity contribution in [2.75, 3.05) is 11.9 Å². The molecule has 1 amide bonds. The summed E-state index contributed by atoms with van der Waals surface area (Å²) in [5.74, 6) is 0.0417. The molecule has 3 aromatic rings. The average molecular weight is 371 g/mol. The minimum Gasteiger partial charge on any atom is -0.448 e. The number of anilines is 1. The molecule has 28 heavy (non-hydrogen) atoms. The van der Waals surface area contributed by atoms with E-state index in [1.807, 2.05) is 42.5 Å².